The Labute approximate surface area is 174 Å². The van der Waals surface area contributed by atoms with Crippen molar-refractivity contribution in [2.24, 2.45) is 0 Å². The molecule has 134 valence electrons. The van der Waals surface area contributed by atoms with Gasteiger partial charge in [0.25, 0.3) is 0 Å². The molecule has 7 heteroatoms. The second-order valence-corrected chi connectivity index (χ2v) is 7.31. The summed E-state index contributed by atoms with van der Waals surface area (Å²) >= 11 is 4.32. The van der Waals surface area contributed by atoms with Crippen LogP contribution in [0.3, 0.4) is 0 Å². The number of hydrogen-bond acceptors (Lipinski definition) is 5. The molecule has 0 N–H and O–H groups in total. The summed E-state index contributed by atoms with van der Waals surface area (Å²) in [5.74, 6) is 1.39. The van der Waals surface area contributed by atoms with Crippen LogP contribution in [0.4, 0.5) is 0 Å². The zero-order valence-electron chi connectivity index (χ0n) is 13.9. The lowest BCUT2D eigenvalue weighted by atomic mass is 10.0. The normalized spacial score (nSPS) is 10.6. The third-order valence-corrected chi connectivity index (χ3v) is 4.93. The van der Waals surface area contributed by atoms with Crippen LogP contribution in [0, 0.1) is 7.14 Å². The molecule has 0 amide bonds. The van der Waals surface area contributed by atoms with Gasteiger partial charge < -0.3 is 18.9 Å². The van der Waals surface area contributed by atoms with E-state index in [0.717, 1.165) is 12.9 Å². The topological polar surface area (TPSA) is 54.0 Å². The van der Waals surface area contributed by atoms with Crippen LogP contribution in [0.2, 0.25) is 0 Å². The average Bonchev–Trinajstić information content (AvgIpc) is 2.62. The van der Waals surface area contributed by atoms with Crippen LogP contribution in [0.1, 0.15) is 15.9 Å². The van der Waals surface area contributed by atoms with Gasteiger partial charge in [-0.2, -0.15) is 0 Å². The summed E-state index contributed by atoms with van der Waals surface area (Å²) in [7, 11) is 3.22. The minimum Gasteiger partial charge on any atom is -0.497 e. The molecule has 2 rings (SSSR count). The van der Waals surface area contributed by atoms with Crippen LogP contribution in [0.15, 0.2) is 36.4 Å². The van der Waals surface area contributed by atoms with Crippen molar-refractivity contribution in [3.05, 3.63) is 54.7 Å². The minimum atomic E-state index is -0.0404. The summed E-state index contributed by atoms with van der Waals surface area (Å²) in [6.07, 6.45) is 0. The molecule has 2 aromatic carbocycles. The molecule has 0 heterocycles. The Morgan fingerprint density at radius 3 is 2.16 bits per heavy atom. The van der Waals surface area contributed by atoms with Crippen LogP contribution in [0.5, 0.6) is 11.5 Å². The van der Waals surface area contributed by atoms with Crippen molar-refractivity contribution in [1.29, 1.82) is 0 Å². The number of carbonyl (C=O) groups is 1. The minimum absolute atomic E-state index is 0.0404. The highest BCUT2D eigenvalue weighted by atomic mass is 127. The summed E-state index contributed by atoms with van der Waals surface area (Å²) in [5.41, 5.74) is 1.23. The Morgan fingerprint density at radius 2 is 1.60 bits per heavy atom. The lowest BCUT2D eigenvalue weighted by molar-refractivity contribution is -0.00922. The first-order valence-electron chi connectivity index (χ1n) is 7.44. The van der Waals surface area contributed by atoms with Crippen molar-refractivity contribution in [1.82, 2.24) is 0 Å². The van der Waals surface area contributed by atoms with E-state index in [-0.39, 0.29) is 12.6 Å². The highest BCUT2D eigenvalue weighted by Crippen LogP contribution is 2.30. The Balaban J connectivity index is 2.10. The van der Waals surface area contributed by atoms with Crippen LogP contribution >= 0.6 is 45.2 Å². The van der Waals surface area contributed by atoms with Gasteiger partial charge in [0, 0.05) is 18.2 Å². The largest absolute Gasteiger partial charge is 0.497 e. The van der Waals surface area contributed by atoms with E-state index in [4.69, 9.17) is 18.9 Å². The van der Waals surface area contributed by atoms with Gasteiger partial charge in [-0.15, -0.1) is 0 Å². The first-order valence-corrected chi connectivity index (χ1v) is 9.60. The first kappa shape index (κ1) is 20.4. The third-order valence-electron chi connectivity index (χ3n) is 3.33. The Morgan fingerprint density at radius 1 is 0.960 bits per heavy atom. The molecule has 0 aromatic heterocycles. The van der Waals surface area contributed by atoms with Crippen molar-refractivity contribution in [3.63, 3.8) is 0 Å². The molecule has 5 nitrogen and oxygen atoms in total. The fraction of sp³-hybridized carbons (Fsp3) is 0.278. The Kier molecular flexibility index (Phi) is 8.40. The summed E-state index contributed by atoms with van der Waals surface area (Å²) in [6.45, 7) is 1.13. The van der Waals surface area contributed by atoms with E-state index in [1.165, 1.54) is 0 Å². The number of methoxy groups -OCH3 is 2. The molecule has 0 unspecified atom stereocenters. The number of rotatable bonds is 9. The fourth-order valence-electron chi connectivity index (χ4n) is 2.04. The second kappa shape index (κ2) is 10.3. The van der Waals surface area contributed by atoms with Crippen molar-refractivity contribution in [3.8, 4) is 11.5 Å². The summed E-state index contributed by atoms with van der Waals surface area (Å²) < 4.78 is 22.7. The van der Waals surface area contributed by atoms with Gasteiger partial charge in [-0.1, -0.05) is 0 Å². The van der Waals surface area contributed by atoms with Crippen molar-refractivity contribution >= 4 is 51.0 Å². The fourth-order valence-corrected chi connectivity index (χ4v) is 4.12. The van der Waals surface area contributed by atoms with Gasteiger partial charge in [0.15, 0.2) is 12.6 Å². The van der Waals surface area contributed by atoms with Gasteiger partial charge in [-0.25, -0.2) is 0 Å². The van der Waals surface area contributed by atoms with Crippen LogP contribution in [0.25, 0.3) is 0 Å². The number of benzene rings is 2. The van der Waals surface area contributed by atoms with Gasteiger partial charge in [0.2, 0.25) is 0 Å². The van der Waals surface area contributed by atoms with Crippen LogP contribution < -0.4 is 9.47 Å². The van der Waals surface area contributed by atoms with E-state index >= 15 is 0 Å². The summed E-state index contributed by atoms with van der Waals surface area (Å²) in [5, 5.41) is 0. The van der Waals surface area contributed by atoms with E-state index < -0.39 is 0 Å². The lowest BCUT2D eigenvalue weighted by Gasteiger charge is -2.12. The summed E-state index contributed by atoms with van der Waals surface area (Å²) in [4.78, 5) is 12.7. The van der Waals surface area contributed by atoms with Crippen molar-refractivity contribution in [2.45, 2.75) is 0 Å². The molecule has 0 aliphatic carbocycles. The molecular formula is C18H18I2O5. The number of ether oxygens (including phenoxy) is 4. The molecule has 0 atom stereocenters. The zero-order valence-corrected chi connectivity index (χ0v) is 18.2. The standard InChI is InChI=1S/C18H18I2O5/c1-22-7-8-24-11-25-18-15(19)9-13(10-16(18)20)17(21)12-3-5-14(23-2)6-4-12/h3-6,9-10H,7-8,11H2,1-2H3. The van der Waals surface area contributed by atoms with Gasteiger partial charge in [0.05, 0.1) is 27.5 Å². The molecule has 0 saturated carbocycles. The summed E-state index contributed by atoms with van der Waals surface area (Å²) in [6, 6.07) is 10.7. The Bertz CT molecular complexity index is 693. The predicted molar refractivity (Wildman–Crippen MR) is 112 cm³/mol. The Hall–Kier alpha value is -0.910. The molecule has 0 fully saturated rings. The first-order chi connectivity index (χ1) is 12.1. The van der Waals surface area contributed by atoms with E-state index in [9.17, 15) is 4.79 Å². The zero-order chi connectivity index (χ0) is 18.2. The monoisotopic (exact) mass is 568 g/mol. The molecule has 0 aliphatic heterocycles. The quantitative estimate of drug-likeness (QED) is 0.197. The second-order valence-electron chi connectivity index (χ2n) is 4.99. The van der Waals surface area contributed by atoms with E-state index in [1.807, 2.05) is 12.1 Å². The molecule has 25 heavy (non-hydrogen) atoms. The van der Waals surface area contributed by atoms with Gasteiger partial charge in [-0.3, -0.25) is 4.79 Å². The molecule has 0 aliphatic rings. The lowest BCUT2D eigenvalue weighted by Crippen LogP contribution is -2.10. The molecular weight excluding hydrogens is 550 g/mol. The number of ketones is 1. The number of halogens is 2. The number of carbonyl (C=O) groups excluding carboxylic acids is 1. The molecule has 0 saturated heterocycles. The number of hydrogen-bond donors (Lipinski definition) is 0. The smallest absolute Gasteiger partial charge is 0.193 e. The maximum atomic E-state index is 12.7. The van der Waals surface area contributed by atoms with Crippen molar-refractivity contribution in [2.75, 3.05) is 34.2 Å². The van der Waals surface area contributed by atoms with Gasteiger partial charge >= 0.3 is 0 Å². The average molecular weight is 568 g/mol. The maximum Gasteiger partial charge on any atom is 0.193 e. The molecule has 0 radical (unpaired) electrons. The molecule has 0 spiro atoms. The van der Waals surface area contributed by atoms with Crippen molar-refractivity contribution < 1.29 is 23.7 Å². The highest BCUT2D eigenvalue weighted by Gasteiger charge is 2.15. The van der Waals surface area contributed by atoms with E-state index in [0.29, 0.717) is 30.1 Å². The third kappa shape index (κ3) is 5.80. The van der Waals surface area contributed by atoms with E-state index in [1.54, 1.807) is 38.5 Å². The van der Waals surface area contributed by atoms with Crippen LogP contribution in [-0.2, 0) is 9.47 Å². The maximum absolute atomic E-state index is 12.7. The van der Waals surface area contributed by atoms with Gasteiger partial charge in [-0.05, 0) is 81.6 Å². The van der Waals surface area contributed by atoms with Gasteiger partial charge in [0.1, 0.15) is 11.5 Å². The van der Waals surface area contributed by atoms with E-state index in [2.05, 4.69) is 45.2 Å². The molecule has 2 aromatic rings. The SMILES string of the molecule is COCCOCOc1c(I)cc(C(=O)c2ccc(OC)cc2)cc1I. The predicted octanol–water partition coefficient (Wildman–Crippen LogP) is 4.13. The van der Waals surface area contributed by atoms with Crippen LogP contribution in [-0.4, -0.2) is 40.0 Å². The highest BCUT2D eigenvalue weighted by molar-refractivity contribution is 14.1. The molecule has 0 bridgehead atoms.